The van der Waals surface area contributed by atoms with Crippen molar-refractivity contribution in [1.82, 2.24) is 0 Å². The van der Waals surface area contributed by atoms with Crippen LogP contribution in [0.5, 0.6) is 11.5 Å². The van der Waals surface area contributed by atoms with Gasteiger partial charge in [-0.3, -0.25) is 0 Å². The van der Waals surface area contributed by atoms with E-state index in [1.165, 1.54) is 13.2 Å². The molecule has 1 atom stereocenters. The molecular weight excluding hydrogens is 292 g/mol. The van der Waals surface area contributed by atoms with E-state index in [9.17, 15) is 9.90 Å². The molecule has 0 saturated carbocycles. The zero-order valence-corrected chi connectivity index (χ0v) is 12.5. The van der Waals surface area contributed by atoms with Gasteiger partial charge in [0.15, 0.2) is 0 Å². The number of unbranched alkanes of at least 4 members (excludes halogenated alkanes) is 1. The van der Waals surface area contributed by atoms with Gasteiger partial charge in [0.1, 0.15) is 29.8 Å². The molecule has 124 valence electrons. The van der Waals surface area contributed by atoms with Crippen LogP contribution in [0, 0.1) is 0 Å². The lowest BCUT2D eigenvalue weighted by molar-refractivity contribution is 0.0532. The van der Waals surface area contributed by atoms with Gasteiger partial charge < -0.3 is 29.5 Å². The number of methoxy groups -OCH3 is 1. The molecule has 0 saturated heterocycles. The van der Waals surface area contributed by atoms with Gasteiger partial charge in [0.25, 0.3) is 0 Å². The Bertz CT molecular complexity index is 461. The van der Waals surface area contributed by atoms with Crippen LogP contribution in [0.15, 0.2) is 18.2 Å². The summed E-state index contributed by atoms with van der Waals surface area (Å²) in [6, 6.07) is 4.63. The molecule has 1 aromatic rings. The van der Waals surface area contributed by atoms with Crippen LogP contribution in [-0.2, 0) is 4.74 Å². The maximum absolute atomic E-state index is 11.8. The monoisotopic (exact) mass is 314 g/mol. The molecule has 7 nitrogen and oxygen atoms in total. The second-order valence-corrected chi connectivity index (χ2v) is 4.58. The van der Waals surface area contributed by atoms with E-state index >= 15 is 0 Å². The molecule has 0 radical (unpaired) electrons. The number of hydrogen-bond acceptors (Lipinski definition) is 7. The fourth-order valence-corrected chi connectivity index (χ4v) is 1.64. The molecule has 0 aromatic heterocycles. The van der Waals surface area contributed by atoms with Crippen LogP contribution in [0.4, 0.5) is 0 Å². The molecule has 7 heteroatoms. The molecular formula is C15H22O7. The number of rotatable bonds is 10. The SMILES string of the molecule is COC(=O)c1cc(OC[C@@H](O)CO)ccc1OCCCCO. The van der Waals surface area contributed by atoms with Gasteiger partial charge in [-0.2, -0.15) is 0 Å². The Morgan fingerprint density at radius 3 is 2.64 bits per heavy atom. The summed E-state index contributed by atoms with van der Waals surface area (Å²) in [6.45, 7) is -0.0368. The highest BCUT2D eigenvalue weighted by Crippen LogP contribution is 2.25. The minimum atomic E-state index is -0.990. The van der Waals surface area contributed by atoms with E-state index in [-0.39, 0.29) is 18.8 Å². The minimum absolute atomic E-state index is 0.0895. The molecule has 0 spiro atoms. The fraction of sp³-hybridized carbons (Fsp3) is 0.533. The first-order chi connectivity index (χ1) is 10.6. The summed E-state index contributed by atoms with van der Waals surface area (Å²) in [5.41, 5.74) is 0.211. The summed E-state index contributed by atoms with van der Waals surface area (Å²) in [7, 11) is 1.26. The molecule has 0 bridgehead atoms. The lowest BCUT2D eigenvalue weighted by atomic mass is 10.2. The average molecular weight is 314 g/mol. The van der Waals surface area contributed by atoms with E-state index < -0.39 is 18.7 Å². The van der Waals surface area contributed by atoms with Crippen molar-refractivity contribution in [3.63, 3.8) is 0 Å². The lowest BCUT2D eigenvalue weighted by Crippen LogP contribution is -2.21. The van der Waals surface area contributed by atoms with E-state index in [0.717, 1.165) is 0 Å². The Kier molecular flexibility index (Phi) is 8.27. The third kappa shape index (κ3) is 5.88. The molecule has 1 aromatic carbocycles. The van der Waals surface area contributed by atoms with Crippen molar-refractivity contribution in [2.45, 2.75) is 18.9 Å². The highest BCUT2D eigenvalue weighted by Gasteiger charge is 2.15. The first-order valence-corrected chi connectivity index (χ1v) is 7.00. The summed E-state index contributed by atoms with van der Waals surface area (Å²) in [6.07, 6.45) is 0.294. The first kappa shape index (κ1) is 18.2. The van der Waals surface area contributed by atoms with E-state index in [0.29, 0.717) is 30.9 Å². The fourth-order valence-electron chi connectivity index (χ4n) is 1.64. The zero-order chi connectivity index (χ0) is 16.4. The van der Waals surface area contributed by atoms with Gasteiger partial charge >= 0.3 is 5.97 Å². The predicted octanol–water partition coefficient (Wildman–Crippen LogP) is 0.356. The maximum Gasteiger partial charge on any atom is 0.341 e. The molecule has 3 N–H and O–H groups in total. The number of aliphatic hydroxyl groups excluding tert-OH is 3. The van der Waals surface area contributed by atoms with Crippen molar-refractivity contribution in [2.75, 3.05) is 33.5 Å². The summed E-state index contributed by atoms with van der Waals surface area (Å²) >= 11 is 0. The smallest absolute Gasteiger partial charge is 0.341 e. The summed E-state index contributed by atoms with van der Waals surface area (Å²) in [5.74, 6) is 0.153. The number of esters is 1. The molecule has 22 heavy (non-hydrogen) atoms. The number of benzene rings is 1. The Morgan fingerprint density at radius 2 is 2.00 bits per heavy atom. The van der Waals surface area contributed by atoms with Crippen LogP contribution in [0.2, 0.25) is 0 Å². The zero-order valence-electron chi connectivity index (χ0n) is 12.5. The van der Waals surface area contributed by atoms with Crippen molar-refractivity contribution in [3.8, 4) is 11.5 Å². The standard InChI is InChI=1S/C15H22O7/c1-20-15(19)13-8-12(22-10-11(18)9-17)4-5-14(13)21-7-3-2-6-16/h4-5,8,11,16-18H,2-3,6-7,9-10H2,1H3/t11-/m0/s1. The number of carbonyl (C=O) groups excluding carboxylic acids is 1. The highest BCUT2D eigenvalue weighted by molar-refractivity contribution is 5.92. The molecule has 0 heterocycles. The van der Waals surface area contributed by atoms with Crippen molar-refractivity contribution in [1.29, 1.82) is 0 Å². The lowest BCUT2D eigenvalue weighted by Gasteiger charge is -2.14. The average Bonchev–Trinajstić information content (AvgIpc) is 2.56. The van der Waals surface area contributed by atoms with Gasteiger partial charge in [-0.1, -0.05) is 0 Å². The molecule has 0 amide bonds. The molecule has 0 unspecified atom stereocenters. The van der Waals surface area contributed by atoms with Gasteiger partial charge in [-0.05, 0) is 31.0 Å². The quantitative estimate of drug-likeness (QED) is 0.423. The number of carbonyl (C=O) groups is 1. The topological polar surface area (TPSA) is 105 Å². The summed E-state index contributed by atoms with van der Waals surface area (Å²) < 4.78 is 15.5. The van der Waals surface area contributed by atoms with Crippen LogP contribution in [0.1, 0.15) is 23.2 Å². The normalized spacial score (nSPS) is 11.8. The van der Waals surface area contributed by atoms with Crippen molar-refractivity contribution in [2.24, 2.45) is 0 Å². The molecule has 0 aliphatic rings. The van der Waals surface area contributed by atoms with Gasteiger partial charge in [0.05, 0.1) is 20.3 Å². The van der Waals surface area contributed by atoms with Crippen LogP contribution in [0.3, 0.4) is 0 Å². The van der Waals surface area contributed by atoms with Crippen LogP contribution in [-0.4, -0.2) is 60.9 Å². The Morgan fingerprint density at radius 1 is 1.23 bits per heavy atom. The van der Waals surface area contributed by atoms with Gasteiger partial charge in [-0.25, -0.2) is 4.79 Å². The third-order valence-electron chi connectivity index (χ3n) is 2.82. The van der Waals surface area contributed by atoms with Crippen molar-refractivity contribution >= 4 is 5.97 Å². The van der Waals surface area contributed by atoms with E-state index in [4.69, 9.17) is 24.4 Å². The minimum Gasteiger partial charge on any atom is -0.493 e. The van der Waals surface area contributed by atoms with Crippen LogP contribution in [0.25, 0.3) is 0 Å². The number of aliphatic hydroxyl groups is 3. The third-order valence-corrected chi connectivity index (χ3v) is 2.82. The van der Waals surface area contributed by atoms with Gasteiger partial charge in [0, 0.05) is 6.61 Å². The van der Waals surface area contributed by atoms with Crippen molar-refractivity contribution < 1.29 is 34.3 Å². The predicted molar refractivity (Wildman–Crippen MR) is 78.2 cm³/mol. The van der Waals surface area contributed by atoms with Gasteiger partial charge in [0.2, 0.25) is 0 Å². The molecule has 1 rings (SSSR count). The molecule has 0 aliphatic carbocycles. The highest BCUT2D eigenvalue weighted by atomic mass is 16.5. The summed E-state index contributed by atoms with van der Waals surface area (Å²) in [5, 5.41) is 26.7. The Balaban J connectivity index is 2.77. The van der Waals surface area contributed by atoms with Crippen molar-refractivity contribution in [3.05, 3.63) is 23.8 Å². The Hall–Kier alpha value is -1.83. The van der Waals surface area contributed by atoms with E-state index in [2.05, 4.69) is 0 Å². The second kappa shape index (κ2) is 9.99. The Labute approximate surface area is 129 Å². The molecule has 0 aliphatic heterocycles. The summed E-state index contributed by atoms with van der Waals surface area (Å²) in [4.78, 5) is 11.8. The van der Waals surface area contributed by atoms with E-state index in [1.54, 1.807) is 12.1 Å². The molecule has 0 fully saturated rings. The number of hydrogen-bond donors (Lipinski definition) is 3. The van der Waals surface area contributed by atoms with Gasteiger partial charge in [-0.15, -0.1) is 0 Å². The largest absolute Gasteiger partial charge is 0.493 e. The number of ether oxygens (including phenoxy) is 3. The van der Waals surface area contributed by atoms with Crippen LogP contribution >= 0.6 is 0 Å². The van der Waals surface area contributed by atoms with E-state index in [1.807, 2.05) is 0 Å². The first-order valence-electron chi connectivity index (χ1n) is 7.00. The van der Waals surface area contributed by atoms with Crippen LogP contribution < -0.4 is 9.47 Å². The maximum atomic E-state index is 11.8. The second-order valence-electron chi connectivity index (χ2n) is 4.58.